The number of nitrogens with zero attached hydrogens (tertiary/aromatic N) is 1. The van der Waals surface area contributed by atoms with Gasteiger partial charge < -0.3 is 10.6 Å². The van der Waals surface area contributed by atoms with E-state index in [9.17, 15) is 9.59 Å². The molecule has 1 aromatic heterocycles. The molecule has 0 saturated carbocycles. The Kier molecular flexibility index (Phi) is 6.65. The van der Waals surface area contributed by atoms with Crippen molar-refractivity contribution in [1.29, 1.82) is 0 Å². The van der Waals surface area contributed by atoms with E-state index in [1.54, 1.807) is 0 Å². The summed E-state index contributed by atoms with van der Waals surface area (Å²) in [4.78, 5) is 25.1. The summed E-state index contributed by atoms with van der Waals surface area (Å²) in [6.07, 6.45) is 0. The van der Waals surface area contributed by atoms with Crippen LogP contribution in [0.4, 0.5) is 0 Å². The Bertz CT molecular complexity index is 969. The maximum absolute atomic E-state index is 12.7. The number of rotatable bonds is 7. The van der Waals surface area contributed by atoms with Crippen LogP contribution in [-0.2, 0) is 4.79 Å². The molecule has 0 bridgehead atoms. The fourth-order valence-electron chi connectivity index (χ4n) is 2.93. The molecule has 2 amide bonds. The molecule has 5 nitrogen and oxygen atoms in total. The van der Waals surface area contributed by atoms with Crippen LogP contribution in [0, 0.1) is 0 Å². The van der Waals surface area contributed by atoms with Crippen LogP contribution >= 0.6 is 23.1 Å². The van der Waals surface area contributed by atoms with Crippen LogP contribution < -0.4 is 10.6 Å². The highest BCUT2D eigenvalue weighted by atomic mass is 35.5. The van der Waals surface area contributed by atoms with E-state index in [-0.39, 0.29) is 30.3 Å². The molecular weight excluding hydrogens is 394 g/mol. The third kappa shape index (κ3) is 4.69. The first-order valence-corrected chi connectivity index (χ1v) is 10.4. The molecule has 0 radical (unpaired) electrons. The Morgan fingerprint density at radius 3 is 2.43 bits per heavy atom. The average molecular weight is 416 g/mol. The molecule has 0 fully saturated rings. The van der Waals surface area contributed by atoms with Crippen LogP contribution in [0.3, 0.4) is 0 Å². The number of nitrogens with one attached hydrogen (secondary N) is 2. The van der Waals surface area contributed by atoms with Crippen molar-refractivity contribution in [1.82, 2.24) is 15.0 Å². The summed E-state index contributed by atoms with van der Waals surface area (Å²) in [5, 5.41) is 6.61. The van der Waals surface area contributed by atoms with Crippen LogP contribution in [0.1, 0.15) is 46.6 Å². The van der Waals surface area contributed by atoms with Gasteiger partial charge in [0.25, 0.3) is 5.91 Å². The monoisotopic (exact) mass is 415 g/mol. The highest BCUT2D eigenvalue weighted by Gasteiger charge is 2.18. The normalized spacial score (nSPS) is 12.1. The molecular formula is C21H22ClN3O2S. The average Bonchev–Trinajstić information content (AvgIpc) is 3.15. The van der Waals surface area contributed by atoms with Crippen molar-refractivity contribution in [2.75, 3.05) is 12.4 Å². The van der Waals surface area contributed by atoms with Crippen molar-refractivity contribution in [3.63, 3.8) is 0 Å². The van der Waals surface area contributed by atoms with Gasteiger partial charge in [0.1, 0.15) is 10.8 Å². The minimum atomic E-state index is -0.365. The van der Waals surface area contributed by atoms with Gasteiger partial charge in [-0.1, -0.05) is 56.3 Å². The third-order valence-electron chi connectivity index (χ3n) is 4.52. The zero-order chi connectivity index (χ0) is 20.1. The standard InChI is InChI=1S/C21H22ClN3O2S/c1-13(2)14-7-9-15(10-8-14)18(24-19(26)11-22)12-23-21(27)20-16-5-3-4-6-17(16)25-28-20/h3-10,13,18H,11-12H2,1-2H3,(H,23,27)(H,24,26). The summed E-state index contributed by atoms with van der Waals surface area (Å²) in [5.41, 5.74) is 2.93. The van der Waals surface area contributed by atoms with Gasteiger partial charge in [-0.15, -0.1) is 11.6 Å². The molecule has 146 valence electrons. The van der Waals surface area contributed by atoms with Crippen molar-refractivity contribution < 1.29 is 9.59 Å². The largest absolute Gasteiger partial charge is 0.349 e. The van der Waals surface area contributed by atoms with Gasteiger partial charge in [-0.25, -0.2) is 0 Å². The quantitative estimate of drug-likeness (QED) is 0.567. The van der Waals surface area contributed by atoms with E-state index in [2.05, 4.69) is 28.9 Å². The second-order valence-electron chi connectivity index (χ2n) is 6.81. The molecule has 3 rings (SSSR count). The number of hydrogen-bond donors (Lipinski definition) is 2. The number of hydrogen-bond acceptors (Lipinski definition) is 4. The van der Waals surface area contributed by atoms with Gasteiger partial charge in [-0.3, -0.25) is 9.59 Å². The van der Waals surface area contributed by atoms with Crippen molar-refractivity contribution in [3.05, 3.63) is 64.5 Å². The van der Waals surface area contributed by atoms with Gasteiger partial charge >= 0.3 is 0 Å². The lowest BCUT2D eigenvalue weighted by atomic mass is 9.99. The number of carbonyl (C=O) groups is 2. The Hall–Kier alpha value is -2.44. The van der Waals surface area contributed by atoms with E-state index in [4.69, 9.17) is 11.6 Å². The minimum absolute atomic E-state index is 0.131. The zero-order valence-corrected chi connectivity index (χ0v) is 17.3. The highest BCUT2D eigenvalue weighted by Crippen LogP contribution is 2.22. The Morgan fingerprint density at radius 1 is 1.07 bits per heavy atom. The predicted molar refractivity (Wildman–Crippen MR) is 114 cm³/mol. The second-order valence-corrected chi connectivity index (χ2v) is 7.85. The fourth-order valence-corrected chi connectivity index (χ4v) is 3.78. The Labute approximate surface area is 173 Å². The lowest BCUT2D eigenvalue weighted by Gasteiger charge is -2.20. The summed E-state index contributed by atoms with van der Waals surface area (Å²) in [6.45, 7) is 4.51. The minimum Gasteiger partial charge on any atom is -0.349 e. The first kappa shape index (κ1) is 20.3. The van der Waals surface area contributed by atoms with Crippen molar-refractivity contribution in [3.8, 4) is 0 Å². The van der Waals surface area contributed by atoms with E-state index < -0.39 is 0 Å². The van der Waals surface area contributed by atoms with E-state index in [1.165, 1.54) is 17.1 Å². The van der Waals surface area contributed by atoms with E-state index in [0.29, 0.717) is 10.8 Å². The Morgan fingerprint density at radius 2 is 1.75 bits per heavy atom. The number of halogens is 1. The molecule has 0 aliphatic carbocycles. The van der Waals surface area contributed by atoms with Crippen LogP contribution in [0.5, 0.6) is 0 Å². The van der Waals surface area contributed by atoms with Crippen molar-refractivity contribution in [2.24, 2.45) is 0 Å². The number of alkyl halides is 1. The summed E-state index contributed by atoms with van der Waals surface area (Å²) in [5.74, 6) is -0.197. The van der Waals surface area contributed by atoms with Gasteiger partial charge in [0.05, 0.1) is 11.6 Å². The molecule has 1 unspecified atom stereocenters. The van der Waals surface area contributed by atoms with Gasteiger partial charge in [-0.2, -0.15) is 4.37 Å². The lowest BCUT2D eigenvalue weighted by Crippen LogP contribution is -2.38. The van der Waals surface area contributed by atoms with E-state index >= 15 is 0 Å². The molecule has 2 aromatic carbocycles. The molecule has 2 N–H and O–H groups in total. The van der Waals surface area contributed by atoms with Gasteiger partial charge in [0, 0.05) is 11.9 Å². The lowest BCUT2D eigenvalue weighted by molar-refractivity contribution is -0.119. The van der Waals surface area contributed by atoms with Crippen LogP contribution in [0.25, 0.3) is 10.9 Å². The molecule has 7 heteroatoms. The highest BCUT2D eigenvalue weighted by molar-refractivity contribution is 7.09. The van der Waals surface area contributed by atoms with Crippen molar-refractivity contribution in [2.45, 2.75) is 25.8 Å². The number of fused-ring (bicyclic) bond motifs is 1. The number of aromatic nitrogens is 1. The first-order chi connectivity index (χ1) is 13.5. The van der Waals surface area contributed by atoms with Crippen LogP contribution in [0.15, 0.2) is 48.5 Å². The van der Waals surface area contributed by atoms with Crippen LogP contribution in [0.2, 0.25) is 0 Å². The molecule has 0 aliphatic rings. The topological polar surface area (TPSA) is 71.1 Å². The van der Waals surface area contributed by atoms with Gasteiger partial charge in [0.2, 0.25) is 5.91 Å². The first-order valence-electron chi connectivity index (χ1n) is 9.07. The number of amides is 2. The maximum atomic E-state index is 12.7. The zero-order valence-electron chi connectivity index (χ0n) is 15.7. The second kappa shape index (κ2) is 9.17. The molecule has 3 aromatic rings. The molecule has 1 heterocycles. The molecule has 0 saturated heterocycles. The summed E-state index contributed by atoms with van der Waals surface area (Å²) >= 11 is 6.83. The van der Waals surface area contributed by atoms with Crippen LogP contribution in [-0.4, -0.2) is 28.6 Å². The molecule has 28 heavy (non-hydrogen) atoms. The number of benzene rings is 2. The number of carbonyl (C=O) groups excluding carboxylic acids is 2. The summed E-state index contributed by atoms with van der Waals surface area (Å²) < 4.78 is 4.31. The smallest absolute Gasteiger partial charge is 0.263 e. The maximum Gasteiger partial charge on any atom is 0.263 e. The fraction of sp³-hybridized carbons (Fsp3) is 0.286. The molecule has 0 aliphatic heterocycles. The van der Waals surface area contributed by atoms with Gasteiger partial charge in [0.15, 0.2) is 0 Å². The van der Waals surface area contributed by atoms with E-state index in [0.717, 1.165) is 16.5 Å². The van der Waals surface area contributed by atoms with E-state index in [1.807, 2.05) is 48.5 Å². The predicted octanol–water partition coefficient (Wildman–Crippen LogP) is 4.25. The van der Waals surface area contributed by atoms with Gasteiger partial charge in [-0.05, 0) is 34.6 Å². The SMILES string of the molecule is CC(C)c1ccc(C(CNC(=O)c2snc3ccccc23)NC(=O)CCl)cc1. The summed E-state index contributed by atoms with van der Waals surface area (Å²) in [6, 6.07) is 15.2. The molecule has 1 atom stereocenters. The molecule has 0 spiro atoms. The van der Waals surface area contributed by atoms with Crippen molar-refractivity contribution >= 4 is 45.9 Å². The Balaban J connectivity index is 1.75. The summed E-state index contributed by atoms with van der Waals surface area (Å²) in [7, 11) is 0. The third-order valence-corrected chi connectivity index (χ3v) is 5.64.